The largest absolute Gasteiger partial charge is 0.356 e. The van der Waals surface area contributed by atoms with Crippen molar-refractivity contribution in [1.82, 2.24) is 4.90 Å². The summed E-state index contributed by atoms with van der Waals surface area (Å²) in [6.45, 7) is 8.41. The Morgan fingerprint density at radius 1 is 1.48 bits per heavy atom. The third-order valence-electron chi connectivity index (χ3n) is 4.04. The fourth-order valence-electron chi connectivity index (χ4n) is 2.30. The lowest BCUT2D eigenvalue weighted by Gasteiger charge is -2.29. The molecule has 116 valence electrons. The Kier molecular flexibility index (Phi) is 6.25. The summed E-state index contributed by atoms with van der Waals surface area (Å²) >= 11 is 7.87. The molecule has 1 fully saturated rings. The molecule has 21 heavy (non-hydrogen) atoms. The quantitative estimate of drug-likeness (QED) is 0.581. The van der Waals surface area contributed by atoms with Crippen LogP contribution in [0.4, 0.5) is 5.69 Å². The number of rotatable bonds is 4. The van der Waals surface area contributed by atoms with Crippen molar-refractivity contribution in [3.63, 3.8) is 0 Å². The Bertz CT molecular complexity index is 495. The van der Waals surface area contributed by atoms with Crippen LogP contribution in [0, 0.1) is 15.4 Å². The summed E-state index contributed by atoms with van der Waals surface area (Å²) in [7, 11) is 0. The summed E-state index contributed by atoms with van der Waals surface area (Å²) in [6.07, 6.45) is 1.12. The van der Waals surface area contributed by atoms with E-state index in [1.807, 2.05) is 12.1 Å². The van der Waals surface area contributed by atoms with Gasteiger partial charge in [-0.3, -0.25) is 0 Å². The summed E-state index contributed by atoms with van der Waals surface area (Å²) in [6, 6.07) is 8.24. The van der Waals surface area contributed by atoms with E-state index in [1.54, 1.807) is 0 Å². The topological polar surface area (TPSA) is 24.5 Å². The molecule has 3 nitrogen and oxygen atoms in total. The number of nitrogens with zero attached hydrogens (tertiary/aromatic N) is 1. The number of thiocarbonyl (C=S) groups is 1. The standard InChI is InChI=1S/C16H23IN2OS/c1-11(2)12(3)9-15-19(7-8-20-15)16(21)18-14-6-4-5-13(17)10-14/h4-6,10-12,15H,7-9H2,1-3H3,(H,18,21). The minimum absolute atomic E-state index is 0.102. The first-order valence-corrected chi connectivity index (χ1v) is 8.91. The average molecular weight is 418 g/mol. The van der Waals surface area contributed by atoms with Crippen LogP contribution in [0.2, 0.25) is 0 Å². The Balaban J connectivity index is 1.97. The molecule has 1 aliphatic rings. The zero-order chi connectivity index (χ0) is 15.4. The number of ether oxygens (including phenoxy) is 1. The summed E-state index contributed by atoms with van der Waals surface area (Å²) in [5.41, 5.74) is 1.04. The van der Waals surface area contributed by atoms with E-state index in [1.165, 1.54) is 3.57 Å². The number of nitrogens with one attached hydrogen (secondary N) is 1. The molecule has 0 aliphatic carbocycles. The van der Waals surface area contributed by atoms with Gasteiger partial charge in [-0.25, -0.2) is 0 Å². The third-order valence-corrected chi connectivity index (χ3v) is 5.05. The lowest BCUT2D eigenvalue weighted by Crippen LogP contribution is -2.40. The predicted molar refractivity (Wildman–Crippen MR) is 100 cm³/mol. The van der Waals surface area contributed by atoms with E-state index in [4.69, 9.17) is 17.0 Å². The molecule has 0 aromatic heterocycles. The second-order valence-electron chi connectivity index (χ2n) is 5.92. The van der Waals surface area contributed by atoms with Gasteiger partial charge < -0.3 is 15.0 Å². The first-order valence-electron chi connectivity index (χ1n) is 7.42. The molecule has 1 N–H and O–H groups in total. The highest BCUT2D eigenvalue weighted by molar-refractivity contribution is 14.1. The highest BCUT2D eigenvalue weighted by Crippen LogP contribution is 2.24. The van der Waals surface area contributed by atoms with Crippen molar-refractivity contribution >= 4 is 45.6 Å². The monoisotopic (exact) mass is 418 g/mol. The molecule has 5 heteroatoms. The Labute approximate surface area is 146 Å². The molecule has 2 unspecified atom stereocenters. The Morgan fingerprint density at radius 3 is 2.90 bits per heavy atom. The maximum absolute atomic E-state index is 5.87. The van der Waals surface area contributed by atoms with Crippen molar-refractivity contribution in [2.75, 3.05) is 18.5 Å². The molecule has 0 amide bonds. The highest BCUT2D eigenvalue weighted by Gasteiger charge is 2.29. The molecular weight excluding hydrogens is 395 g/mol. The molecule has 0 bridgehead atoms. The van der Waals surface area contributed by atoms with Crippen LogP contribution in [0.25, 0.3) is 0 Å². The van der Waals surface area contributed by atoms with Crippen LogP contribution in [-0.2, 0) is 4.74 Å². The van der Waals surface area contributed by atoms with Gasteiger partial charge in [-0.1, -0.05) is 26.8 Å². The molecule has 0 radical (unpaired) electrons. The molecule has 1 aromatic rings. The van der Waals surface area contributed by atoms with Crippen LogP contribution < -0.4 is 5.32 Å². The summed E-state index contributed by atoms with van der Waals surface area (Å²) < 4.78 is 7.06. The van der Waals surface area contributed by atoms with Crippen molar-refractivity contribution in [3.8, 4) is 0 Å². The van der Waals surface area contributed by atoms with Gasteiger partial charge in [0.15, 0.2) is 5.11 Å². The zero-order valence-electron chi connectivity index (χ0n) is 12.8. The van der Waals surface area contributed by atoms with Gasteiger partial charge in [-0.15, -0.1) is 0 Å². The molecule has 1 saturated heterocycles. The molecule has 0 saturated carbocycles. The summed E-state index contributed by atoms with van der Waals surface area (Å²) in [5, 5.41) is 4.09. The second-order valence-corrected chi connectivity index (χ2v) is 7.55. The number of anilines is 1. The summed E-state index contributed by atoms with van der Waals surface area (Å²) in [4.78, 5) is 2.17. The molecular formula is C16H23IN2OS. The van der Waals surface area contributed by atoms with Crippen molar-refractivity contribution in [2.45, 2.75) is 33.4 Å². The van der Waals surface area contributed by atoms with Crippen molar-refractivity contribution in [3.05, 3.63) is 27.8 Å². The molecule has 1 aliphatic heterocycles. The van der Waals surface area contributed by atoms with Crippen LogP contribution in [-0.4, -0.2) is 29.4 Å². The average Bonchev–Trinajstić information content (AvgIpc) is 2.86. The van der Waals surface area contributed by atoms with Crippen molar-refractivity contribution < 1.29 is 4.74 Å². The van der Waals surface area contributed by atoms with Gasteiger partial charge in [0.05, 0.1) is 6.61 Å². The van der Waals surface area contributed by atoms with Crippen molar-refractivity contribution in [1.29, 1.82) is 0 Å². The fourth-order valence-corrected chi connectivity index (χ4v) is 3.17. The first kappa shape index (κ1) is 17.0. The molecule has 2 atom stereocenters. The Hall–Kier alpha value is -0.400. The van der Waals surface area contributed by atoms with Crippen LogP contribution in [0.5, 0.6) is 0 Å². The second kappa shape index (κ2) is 7.74. The van der Waals surface area contributed by atoms with E-state index in [2.05, 4.69) is 65.7 Å². The Morgan fingerprint density at radius 2 is 2.24 bits per heavy atom. The molecule has 2 rings (SSSR count). The number of hydrogen-bond acceptors (Lipinski definition) is 2. The third kappa shape index (κ3) is 4.79. The van der Waals surface area contributed by atoms with E-state index in [0.29, 0.717) is 11.8 Å². The predicted octanol–water partition coefficient (Wildman–Crippen LogP) is 4.33. The normalized spacial score (nSPS) is 19.9. The first-order chi connectivity index (χ1) is 9.97. The van der Waals surface area contributed by atoms with E-state index in [9.17, 15) is 0 Å². The van der Waals surface area contributed by atoms with Gasteiger partial charge in [0.1, 0.15) is 6.23 Å². The number of hydrogen-bond donors (Lipinski definition) is 1. The number of benzene rings is 1. The SMILES string of the molecule is CC(C)C(C)CC1OCCN1C(=S)Nc1cccc(I)c1. The van der Waals surface area contributed by atoms with Crippen molar-refractivity contribution in [2.24, 2.45) is 11.8 Å². The maximum Gasteiger partial charge on any atom is 0.175 e. The lowest BCUT2D eigenvalue weighted by molar-refractivity contribution is 0.0396. The molecule has 0 spiro atoms. The molecule has 1 heterocycles. The maximum atomic E-state index is 5.87. The van der Waals surface area contributed by atoms with E-state index < -0.39 is 0 Å². The van der Waals surface area contributed by atoms with Crippen LogP contribution in [0.1, 0.15) is 27.2 Å². The highest BCUT2D eigenvalue weighted by atomic mass is 127. The van der Waals surface area contributed by atoms with E-state index in [-0.39, 0.29) is 6.23 Å². The minimum Gasteiger partial charge on any atom is -0.356 e. The van der Waals surface area contributed by atoms with Gasteiger partial charge in [-0.2, -0.15) is 0 Å². The lowest BCUT2D eigenvalue weighted by atomic mass is 9.94. The zero-order valence-corrected chi connectivity index (χ0v) is 15.8. The summed E-state index contributed by atoms with van der Waals surface area (Å²) in [5.74, 6) is 1.28. The van der Waals surface area contributed by atoms with Crippen LogP contribution in [0.3, 0.4) is 0 Å². The van der Waals surface area contributed by atoms with Crippen LogP contribution in [0.15, 0.2) is 24.3 Å². The van der Waals surface area contributed by atoms with Crippen LogP contribution >= 0.6 is 34.8 Å². The van der Waals surface area contributed by atoms with E-state index >= 15 is 0 Å². The fraction of sp³-hybridized carbons (Fsp3) is 0.562. The smallest absolute Gasteiger partial charge is 0.175 e. The van der Waals surface area contributed by atoms with Gasteiger partial charge in [0, 0.05) is 15.8 Å². The minimum atomic E-state index is 0.102. The van der Waals surface area contributed by atoms with Gasteiger partial charge in [-0.05, 0) is 71.3 Å². The molecule has 1 aromatic carbocycles. The van der Waals surface area contributed by atoms with Gasteiger partial charge >= 0.3 is 0 Å². The van der Waals surface area contributed by atoms with Gasteiger partial charge in [0.2, 0.25) is 0 Å². The van der Waals surface area contributed by atoms with Gasteiger partial charge in [0.25, 0.3) is 0 Å². The number of halogens is 1. The van der Waals surface area contributed by atoms with E-state index in [0.717, 1.165) is 30.4 Å².